The van der Waals surface area contributed by atoms with Gasteiger partial charge in [-0.1, -0.05) is 25.0 Å². The lowest BCUT2D eigenvalue weighted by Gasteiger charge is -2.22. The summed E-state index contributed by atoms with van der Waals surface area (Å²) in [5.74, 6) is -1.67. The molecule has 0 aliphatic carbocycles. The summed E-state index contributed by atoms with van der Waals surface area (Å²) in [4.78, 5) is 26.2. The lowest BCUT2D eigenvalue weighted by atomic mass is 10.1. The fraction of sp³-hybridized carbons (Fsp3) is 0.500. The standard InChI is InChI=1S/C20H27N3O4S/c24-19(21-22-20(25)17-11-14-28(26,27)15-17)10-7-16-5-8-18(9-6-16)23-12-3-1-2-4-13-23/h5-10,17H,1-4,11-15H2,(H,21,24)(H,22,25)/b10-7+/t17-/m1/s1. The van der Waals surface area contributed by atoms with Gasteiger partial charge in [0.25, 0.3) is 5.91 Å². The van der Waals surface area contributed by atoms with E-state index in [2.05, 4.69) is 27.9 Å². The van der Waals surface area contributed by atoms with Crippen LogP contribution in [-0.2, 0) is 19.4 Å². The lowest BCUT2D eigenvalue weighted by Crippen LogP contribution is -2.44. The first-order valence-corrected chi connectivity index (χ1v) is 11.6. The summed E-state index contributed by atoms with van der Waals surface area (Å²) in [6.07, 6.45) is 8.34. The van der Waals surface area contributed by atoms with Crippen LogP contribution in [0.4, 0.5) is 5.69 Å². The molecule has 2 saturated heterocycles. The van der Waals surface area contributed by atoms with Crippen molar-refractivity contribution in [2.24, 2.45) is 5.92 Å². The summed E-state index contributed by atoms with van der Waals surface area (Å²) in [7, 11) is -3.13. The van der Waals surface area contributed by atoms with Crippen molar-refractivity contribution in [3.8, 4) is 0 Å². The molecule has 28 heavy (non-hydrogen) atoms. The summed E-state index contributed by atoms with van der Waals surface area (Å²) in [6.45, 7) is 2.17. The molecule has 0 spiro atoms. The highest BCUT2D eigenvalue weighted by atomic mass is 32.2. The number of amides is 2. The third kappa shape index (κ3) is 5.82. The molecule has 1 aromatic rings. The molecule has 2 aliphatic rings. The summed E-state index contributed by atoms with van der Waals surface area (Å²) < 4.78 is 22.8. The van der Waals surface area contributed by atoms with Crippen molar-refractivity contribution >= 4 is 33.4 Å². The predicted octanol–water partition coefficient (Wildman–Crippen LogP) is 1.66. The average molecular weight is 406 g/mol. The second kappa shape index (κ2) is 9.23. The molecule has 2 N–H and O–H groups in total. The smallest absolute Gasteiger partial charge is 0.262 e. The maximum atomic E-state index is 11.9. The molecule has 0 bridgehead atoms. The number of hydrazine groups is 1. The van der Waals surface area contributed by atoms with Crippen LogP contribution in [0, 0.1) is 5.92 Å². The largest absolute Gasteiger partial charge is 0.372 e. The number of benzene rings is 1. The van der Waals surface area contributed by atoms with Gasteiger partial charge in [0.05, 0.1) is 17.4 Å². The van der Waals surface area contributed by atoms with E-state index in [0.717, 1.165) is 18.7 Å². The molecule has 2 fully saturated rings. The van der Waals surface area contributed by atoms with Crippen LogP contribution in [0.3, 0.4) is 0 Å². The van der Waals surface area contributed by atoms with Gasteiger partial charge in [0, 0.05) is 24.9 Å². The number of anilines is 1. The van der Waals surface area contributed by atoms with E-state index in [9.17, 15) is 18.0 Å². The first kappa shape index (κ1) is 20.4. The van der Waals surface area contributed by atoms with Crippen molar-refractivity contribution in [2.75, 3.05) is 29.5 Å². The minimum absolute atomic E-state index is 0.0202. The van der Waals surface area contributed by atoms with Crippen LogP contribution in [0.5, 0.6) is 0 Å². The van der Waals surface area contributed by atoms with Gasteiger partial charge in [-0.05, 0) is 43.0 Å². The first-order chi connectivity index (χ1) is 13.4. The number of carbonyl (C=O) groups excluding carboxylic acids is 2. The van der Waals surface area contributed by atoms with Crippen molar-refractivity contribution in [1.82, 2.24) is 10.9 Å². The number of hydrogen-bond donors (Lipinski definition) is 2. The Balaban J connectivity index is 1.46. The SMILES string of the molecule is O=C(/C=C/c1ccc(N2CCCCCC2)cc1)NNC(=O)[C@@H]1CCS(=O)(=O)C1. The van der Waals surface area contributed by atoms with Gasteiger partial charge >= 0.3 is 0 Å². The maximum Gasteiger partial charge on any atom is 0.262 e. The summed E-state index contributed by atoms with van der Waals surface area (Å²) in [6, 6.07) is 8.05. The maximum absolute atomic E-state index is 11.9. The van der Waals surface area contributed by atoms with Gasteiger partial charge in [0.15, 0.2) is 9.84 Å². The fourth-order valence-electron chi connectivity index (χ4n) is 3.57. The molecule has 0 saturated carbocycles. The molecule has 1 atom stereocenters. The molecule has 0 aromatic heterocycles. The molecule has 152 valence electrons. The number of carbonyl (C=O) groups is 2. The third-order valence-electron chi connectivity index (χ3n) is 5.20. The highest BCUT2D eigenvalue weighted by Gasteiger charge is 2.32. The molecule has 0 unspecified atom stereocenters. The van der Waals surface area contributed by atoms with E-state index in [1.54, 1.807) is 6.08 Å². The zero-order valence-electron chi connectivity index (χ0n) is 15.9. The van der Waals surface area contributed by atoms with Crippen molar-refractivity contribution in [3.63, 3.8) is 0 Å². The third-order valence-corrected chi connectivity index (χ3v) is 6.97. The Hall–Kier alpha value is -2.35. The van der Waals surface area contributed by atoms with E-state index in [-0.39, 0.29) is 11.5 Å². The number of hydrogen-bond acceptors (Lipinski definition) is 5. The Morgan fingerprint density at radius 3 is 2.29 bits per heavy atom. The van der Waals surface area contributed by atoms with Crippen LogP contribution in [0.25, 0.3) is 6.08 Å². The van der Waals surface area contributed by atoms with Gasteiger partial charge in [-0.25, -0.2) is 8.42 Å². The average Bonchev–Trinajstić information content (AvgIpc) is 2.88. The van der Waals surface area contributed by atoms with E-state index in [4.69, 9.17) is 0 Å². The van der Waals surface area contributed by atoms with Crippen LogP contribution >= 0.6 is 0 Å². The number of nitrogens with one attached hydrogen (secondary N) is 2. The van der Waals surface area contributed by atoms with E-state index in [0.29, 0.717) is 6.42 Å². The molecule has 2 heterocycles. The van der Waals surface area contributed by atoms with E-state index >= 15 is 0 Å². The minimum Gasteiger partial charge on any atom is -0.372 e. The number of sulfone groups is 1. The van der Waals surface area contributed by atoms with Crippen LogP contribution in [0.2, 0.25) is 0 Å². The van der Waals surface area contributed by atoms with Gasteiger partial charge in [0.2, 0.25) is 5.91 Å². The van der Waals surface area contributed by atoms with Crippen molar-refractivity contribution in [1.29, 1.82) is 0 Å². The molecular formula is C20H27N3O4S. The van der Waals surface area contributed by atoms with Crippen molar-refractivity contribution < 1.29 is 18.0 Å². The predicted molar refractivity (Wildman–Crippen MR) is 109 cm³/mol. The molecule has 0 radical (unpaired) electrons. The highest BCUT2D eigenvalue weighted by molar-refractivity contribution is 7.91. The molecule has 3 rings (SSSR count). The van der Waals surface area contributed by atoms with E-state index in [1.807, 2.05) is 12.1 Å². The monoisotopic (exact) mass is 405 g/mol. The molecular weight excluding hydrogens is 378 g/mol. The molecule has 2 aliphatic heterocycles. The molecule has 2 amide bonds. The lowest BCUT2D eigenvalue weighted by molar-refractivity contribution is -0.129. The first-order valence-electron chi connectivity index (χ1n) is 9.76. The summed E-state index contributed by atoms with van der Waals surface area (Å²) in [5, 5.41) is 0. The van der Waals surface area contributed by atoms with Gasteiger partial charge in [-0.3, -0.25) is 20.4 Å². The Bertz CT molecular complexity index is 826. The highest BCUT2D eigenvalue weighted by Crippen LogP contribution is 2.20. The molecule has 1 aromatic carbocycles. The summed E-state index contributed by atoms with van der Waals surface area (Å²) in [5.41, 5.74) is 6.68. The summed E-state index contributed by atoms with van der Waals surface area (Å²) >= 11 is 0. The van der Waals surface area contributed by atoms with Gasteiger partial charge < -0.3 is 4.90 Å². The Morgan fingerprint density at radius 1 is 1.00 bits per heavy atom. The zero-order valence-corrected chi connectivity index (χ0v) is 16.7. The van der Waals surface area contributed by atoms with Crippen LogP contribution in [0.15, 0.2) is 30.3 Å². The van der Waals surface area contributed by atoms with E-state index in [1.165, 1.54) is 37.4 Å². The van der Waals surface area contributed by atoms with Crippen molar-refractivity contribution in [2.45, 2.75) is 32.1 Å². The Kier molecular flexibility index (Phi) is 6.72. The second-order valence-corrected chi connectivity index (χ2v) is 9.63. The van der Waals surface area contributed by atoms with Gasteiger partial charge in [0.1, 0.15) is 0 Å². The fourth-order valence-corrected chi connectivity index (χ4v) is 5.31. The topological polar surface area (TPSA) is 95.6 Å². The second-order valence-electron chi connectivity index (χ2n) is 7.40. The molecule has 8 heteroatoms. The van der Waals surface area contributed by atoms with E-state index < -0.39 is 27.6 Å². The Morgan fingerprint density at radius 2 is 1.68 bits per heavy atom. The Labute approximate surface area is 166 Å². The number of nitrogens with zero attached hydrogens (tertiary/aromatic N) is 1. The van der Waals surface area contributed by atoms with Crippen LogP contribution in [-0.4, -0.2) is 44.8 Å². The minimum atomic E-state index is -3.13. The zero-order chi connectivity index (χ0) is 20.0. The van der Waals surface area contributed by atoms with Crippen molar-refractivity contribution in [3.05, 3.63) is 35.9 Å². The van der Waals surface area contributed by atoms with Crippen LogP contribution < -0.4 is 15.8 Å². The normalized spacial score (nSPS) is 22.0. The number of rotatable bonds is 4. The van der Waals surface area contributed by atoms with Gasteiger partial charge in [-0.2, -0.15) is 0 Å². The molecule has 7 nitrogen and oxygen atoms in total. The van der Waals surface area contributed by atoms with Crippen LogP contribution in [0.1, 0.15) is 37.7 Å². The van der Waals surface area contributed by atoms with Gasteiger partial charge in [-0.15, -0.1) is 0 Å². The quantitative estimate of drug-likeness (QED) is 0.587.